The first-order chi connectivity index (χ1) is 9.24. The Labute approximate surface area is 118 Å². The van der Waals surface area contributed by atoms with Crippen LogP contribution in [0, 0.1) is 5.92 Å². The molecule has 1 fully saturated rings. The number of nitrogens with two attached hydrogens (primary N) is 1. The summed E-state index contributed by atoms with van der Waals surface area (Å²) in [4.78, 5) is 2.70. The first-order valence-electron chi connectivity index (χ1n) is 7.74. The fourth-order valence-corrected chi connectivity index (χ4v) is 3.30. The standard InChI is InChI=1S/C17H28N2/c1-3-17(11-15-7-5-4-6-8-15)19-13-16(12-18)10-9-14(19)2/h4-8,14,16-17H,3,9-13,18H2,1-2H3. The molecule has 1 aromatic carbocycles. The average molecular weight is 260 g/mol. The minimum Gasteiger partial charge on any atom is -0.330 e. The molecule has 0 aliphatic carbocycles. The Balaban J connectivity index is 2.03. The van der Waals surface area contributed by atoms with E-state index >= 15 is 0 Å². The van der Waals surface area contributed by atoms with Crippen LogP contribution in [0.4, 0.5) is 0 Å². The van der Waals surface area contributed by atoms with Crippen molar-refractivity contribution in [3.05, 3.63) is 35.9 Å². The lowest BCUT2D eigenvalue weighted by molar-refractivity contribution is 0.0715. The first-order valence-corrected chi connectivity index (χ1v) is 7.74. The highest BCUT2D eigenvalue weighted by Crippen LogP contribution is 2.25. The maximum Gasteiger partial charge on any atom is 0.0136 e. The molecule has 1 aromatic rings. The Morgan fingerprint density at radius 3 is 2.63 bits per heavy atom. The largest absolute Gasteiger partial charge is 0.330 e. The molecule has 1 saturated heterocycles. The number of nitrogens with zero attached hydrogens (tertiary/aromatic N) is 1. The van der Waals surface area contributed by atoms with Crippen molar-refractivity contribution in [2.45, 2.75) is 51.6 Å². The van der Waals surface area contributed by atoms with E-state index in [1.165, 1.54) is 37.8 Å². The predicted molar refractivity (Wildman–Crippen MR) is 82.2 cm³/mol. The molecule has 0 aromatic heterocycles. The van der Waals surface area contributed by atoms with Crippen molar-refractivity contribution >= 4 is 0 Å². The minimum absolute atomic E-state index is 0.659. The van der Waals surface area contributed by atoms with Crippen molar-refractivity contribution in [3.63, 3.8) is 0 Å². The summed E-state index contributed by atoms with van der Waals surface area (Å²) in [7, 11) is 0. The number of likely N-dealkylation sites (tertiary alicyclic amines) is 1. The van der Waals surface area contributed by atoms with Gasteiger partial charge in [-0.05, 0) is 50.6 Å². The molecule has 2 nitrogen and oxygen atoms in total. The van der Waals surface area contributed by atoms with Crippen LogP contribution in [-0.4, -0.2) is 30.1 Å². The molecule has 0 radical (unpaired) electrons. The summed E-state index contributed by atoms with van der Waals surface area (Å²) in [5, 5.41) is 0. The van der Waals surface area contributed by atoms with Gasteiger partial charge in [-0.25, -0.2) is 0 Å². The van der Waals surface area contributed by atoms with Crippen LogP contribution in [-0.2, 0) is 6.42 Å². The predicted octanol–water partition coefficient (Wildman–Crippen LogP) is 3.07. The summed E-state index contributed by atoms with van der Waals surface area (Å²) in [6.45, 7) is 6.71. The quantitative estimate of drug-likeness (QED) is 0.881. The van der Waals surface area contributed by atoms with Gasteiger partial charge in [0.15, 0.2) is 0 Å². The van der Waals surface area contributed by atoms with Crippen LogP contribution in [0.1, 0.15) is 38.7 Å². The smallest absolute Gasteiger partial charge is 0.0136 e. The highest BCUT2D eigenvalue weighted by molar-refractivity contribution is 5.16. The fraction of sp³-hybridized carbons (Fsp3) is 0.647. The third-order valence-corrected chi connectivity index (χ3v) is 4.62. The molecule has 1 aliphatic rings. The van der Waals surface area contributed by atoms with Gasteiger partial charge in [0.2, 0.25) is 0 Å². The summed E-state index contributed by atoms with van der Waals surface area (Å²) >= 11 is 0. The summed E-state index contributed by atoms with van der Waals surface area (Å²) in [5.74, 6) is 0.695. The summed E-state index contributed by atoms with van der Waals surface area (Å²) in [6, 6.07) is 12.2. The Morgan fingerprint density at radius 2 is 2.00 bits per heavy atom. The molecule has 3 atom stereocenters. The normalized spacial score (nSPS) is 26.3. The molecule has 2 N–H and O–H groups in total. The molecule has 106 valence electrons. The number of rotatable bonds is 5. The van der Waals surface area contributed by atoms with Crippen molar-refractivity contribution in [1.29, 1.82) is 0 Å². The Hall–Kier alpha value is -0.860. The lowest BCUT2D eigenvalue weighted by atomic mass is 9.90. The fourth-order valence-electron chi connectivity index (χ4n) is 3.30. The van der Waals surface area contributed by atoms with E-state index in [0.717, 1.165) is 6.54 Å². The Kier molecular flexibility index (Phi) is 5.41. The minimum atomic E-state index is 0.659. The molecule has 2 rings (SSSR count). The zero-order chi connectivity index (χ0) is 13.7. The van der Waals surface area contributed by atoms with Crippen LogP contribution in [0.25, 0.3) is 0 Å². The van der Waals surface area contributed by atoms with Crippen LogP contribution in [0.3, 0.4) is 0 Å². The van der Waals surface area contributed by atoms with Gasteiger partial charge < -0.3 is 5.73 Å². The molecular weight excluding hydrogens is 232 g/mol. The van der Waals surface area contributed by atoms with Crippen molar-refractivity contribution in [3.8, 4) is 0 Å². The summed E-state index contributed by atoms with van der Waals surface area (Å²) in [5.41, 5.74) is 7.33. The van der Waals surface area contributed by atoms with Gasteiger partial charge in [-0.1, -0.05) is 37.3 Å². The van der Waals surface area contributed by atoms with Gasteiger partial charge in [0, 0.05) is 18.6 Å². The Bertz CT molecular complexity index is 363. The lowest BCUT2D eigenvalue weighted by Crippen LogP contribution is -2.49. The SMILES string of the molecule is CCC(Cc1ccccc1)N1CC(CN)CCC1C. The molecule has 0 amide bonds. The van der Waals surface area contributed by atoms with Gasteiger partial charge in [-0.15, -0.1) is 0 Å². The summed E-state index contributed by atoms with van der Waals surface area (Å²) in [6.07, 6.45) is 4.98. The van der Waals surface area contributed by atoms with Gasteiger partial charge >= 0.3 is 0 Å². The van der Waals surface area contributed by atoms with Crippen molar-refractivity contribution in [2.75, 3.05) is 13.1 Å². The van der Waals surface area contributed by atoms with Crippen LogP contribution in [0.2, 0.25) is 0 Å². The van der Waals surface area contributed by atoms with Crippen molar-refractivity contribution < 1.29 is 0 Å². The van der Waals surface area contributed by atoms with E-state index in [1.54, 1.807) is 0 Å². The van der Waals surface area contributed by atoms with Gasteiger partial charge in [0.05, 0.1) is 0 Å². The molecule has 1 heterocycles. The zero-order valence-electron chi connectivity index (χ0n) is 12.4. The monoisotopic (exact) mass is 260 g/mol. The third-order valence-electron chi connectivity index (χ3n) is 4.62. The van der Waals surface area contributed by atoms with Gasteiger partial charge in [-0.3, -0.25) is 4.90 Å². The number of benzene rings is 1. The maximum atomic E-state index is 5.88. The lowest BCUT2D eigenvalue weighted by Gasteiger charge is -2.42. The van der Waals surface area contributed by atoms with Gasteiger partial charge in [0.1, 0.15) is 0 Å². The van der Waals surface area contributed by atoms with Gasteiger partial charge in [-0.2, -0.15) is 0 Å². The molecule has 2 heteroatoms. The number of piperidine rings is 1. The van der Waals surface area contributed by atoms with Crippen LogP contribution < -0.4 is 5.73 Å². The maximum absolute atomic E-state index is 5.88. The second-order valence-electron chi connectivity index (χ2n) is 5.98. The van der Waals surface area contributed by atoms with E-state index in [9.17, 15) is 0 Å². The molecule has 0 spiro atoms. The van der Waals surface area contributed by atoms with E-state index in [2.05, 4.69) is 49.1 Å². The van der Waals surface area contributed by atoms with Crippen LogP contribution in [0.5, 0.6) is 0 Å². The van der Waals surface area contributed by atoms with E-state index in [0.29, 0.717) is 18.0 Å². The topological polar surface area (TPSA) is 29.3 Å². The second-order valence-corrected chi connectivity index (χ2v) is 5.98. The molecule has 0 bridgehead atoms. The molecule has 0 saturated carbocycles. The van der Waals surface area contributed by atoms with Gasteiger partial charge in [0.25, 0.3) is 0 Å². The van der Waals surface area contributed by atoms with E-state index in [-0.39, 0.29) is 0 Å². The summed E-state index contributed by atoms with van der Waals surface area (Å²) < 4.78 is 0. The number of hydrogen-bond acceptors (Lipinski definition) is 2. The van der Waals surface area contributed by atoms with Crippen molar-refractivity contribution in [1.82, 2.24) is 4.90 Å². The second kappa shape index (κ2) is 7.06. The third kappa shape index (κ3) is 3.80. The van der Waals surface area contributed by atoms with Crippen LogP contribution in [0.15, 0.2) is 30.3 Å². The number of hydrogen-bond donors (Lipinski definition) is 1. The first kappa shape index (κ1) is 14.5. The van der Waals surface area contributed by atoms with E-state index in [1.807, 2.05) is 0 Å². The van der Waals surface area contributed by atoms with Crippen molar-refractivity contribution in [2.24, 2.45) is 11.7 Å². The zero-order valence-corrected chi connectivity index (χ0v) is 12.4. The molecular formula is C17H28N2. The Morgan fingerprint density at radius 1 is 1.26 bits per heavy atom. The van der Waals surface area contributed by atoms with Crippen LogP contribution >= 0.6 is 0 Å². The molecule has 3 unspecified atom stereocenters. The van der Waals surface area contributed by atoms with E-state index in [4.69, 9.17) is 5.73 Å². The molecule has 19 heavy (non-hydrogen) atoms. The average Bonchev–Trinajstić information content (AvgIpc) is 2.47. The highest BCUT2D eigenvalue weighted by atomic mass is 15.2. The van der Waals surface area contributed by atoms with E-state index < -0.39 is 0 Å². The highest BCUT2D eigenvalue weighted by Gasteiger charge is 2.29. The molecule has 1 aliphatic heterocycles.